The second-order valence-corrected chi connectivity index (χ2v) is 12.5. The van der Waals surface area contributed by atoms with Crippen molar-refractivity contribution < 1.29 is 0 Å². The summed E-state index contributed by atoms with van der Waals surface area (Å²) in [5.41, 5.74) is 1.57. The van der Waals surface area contributed by atoms with E-state index in [9.17, 15) is 0 Å². The summed E-state index contributed by atoms with van der Waals surface area (Å²) in [5.74, 6) is 0. The Morgan fingerprint density at radius 2 is 1.41 bits per heavy atom. The third-order valence-corrected chi connectivity index (χ3v) is 11.7. The third-order valence-electron chi connectivity index (χ3n) is 3.83. The number of benzene rings is 2. The average molecular weight is 398 g/mol. The van der Waals surface area contributed by atoms with Crippen LogP contribution < -0.4 is 7.02 Å². The molecule has 0 bridgehead atoms. The fraction of sp³-hybridized carbons (Fsp3) is 0.200. The van der Waals surface area contributed by atoms with Crippen molar-refractivity contribution in [1.82, 2.24) is 4.90 Å². The summed E-state index contributed by atoms with van der Waals surface area (Å²) >= 11 is -1.84. The third kappa shape index (κ3) is 3.54. The number of rotatable bonds is 5. The number of nitrogens with zero attached hydrogens (tertiary/aromatic N) is 1. The SMILES string of the molecule is CN(C)CC1=CC=C[CH]1[Sb]([c]1ccccc1)[c]1ccccc1. The monoisotopic (exact) mass is 397 g/mol. The second-order valence-electron chi connectivity index (χ2n) is 5.85. The molecular formula is C20H22NSb. The molecule has 0 aliphatic heterocycles. The number of hydrogen-bond acceptors (Lipinski definition) is 1. The normalized spacial score (nSPS) is 17.3. The van der Waals surface area contributed by atoms with Gasteiger partial charge < -0.3 is 0 Å². The van der Waals surface area contributed by atoms with Gasteiger partial charge in [0.05, 0.1) is 0 Å². The molecule has 22 heavy (non-hydrogen) atoms. The Balaban J connectivity index is 2.00. The maximum atomic E-state index is 2.43. The molecule has 1 nitrogen and oxygen atoms in total. The summed E-state index contributed by atoms with van der Waals surface area (Å²) < 4.78 is 3.76. The van der Waals surface area contributed by atoms with Crippen molar-refractivity contribution in [2.45, 2.75) is 3.86 Å². The van der Waals surface area contributed by atoms with Crippen LogP contribution in [0.3, 0.4) is 0 Å². The maximum absolute atomic E-state index is 2.43. The zero-order valence-electron chi connectivity index (χ0n) is 13.2. The predicted molar refractivity (Wildman–Crippen MR) is 97.4 cm³/mol. The van der Waals surface area contributed by atoms with Gasteiger partial charge in [0.2, 0.25) is 0 Å². The van der Waals surface area contributed by atoms with Crippen molar-refractivity contribution in [3.05, 3.63) is 84.5 Å². The molecule has 0 saturated carbocycles. The van der Waals surface area contributed by atoms with Crippen LogP contribution in [0.2, 0.25) is 3.86 Å². The van der Waals surface area contributed by atoms with Crippen molar-refractivity contribution >= 4 is 27.2 Å². The molecule has 0 fully saturated rings. The van der Waals surface area contributed by atoms with Crippen molar-refractivity contribution in [2.24, 2.45) is 0 Å². The molecular weight excluding hydrogens is 376 g/mol. The van der Waals surface area contributed by atoms with Crippen molar-refractivity contribution in [3.63, 3.8) is 0 Å². The van der Waals surface area contributed by atoms with Crippen molar-refractivity contribution in [1.29, 1.82) is 0 Å². The fourth-order valence-electron chi connectivity index (χ4n) is 2.92. The van der Waals surface area contributed by atoms with E-state index in [1.165, 1.54) is 0 Å². The molecule has 2 aromatic carbocycles. The van der Waals surface area contributed by atoms with Crippen molar-refractivity contribution in [2.75, 3.05) is 20.6 Å². The molecule has 0 radical (unpaired) electrons. The first-order valence-corrected chi connectivity index (χ1v) is 11.7. The second kappa shape index (κ2) is 7.31. The fourth-order valence-corrected chi connectivity index (χ4v) is 10.6. The van der Waals surface area contributed by atoms with Crippen LogP contribution in [0.4, 0.5) is 0 Å². The molecule has 1 aliphatic carbocycles. The van der Waals surface area contributed by atoms with E-state index in [2.05, 4.69) is 97.9 Å². The van der Waals surface area contributed by atoms with Gasteiger partial charge in [-0.2, -0.15) is 0 Å². The molecule has 2 heteroatoms. The van der Waals surface area contributed by atoms with Gasteiger partial charge in [0.1, 0.15) is 0 Å². The number of likely N-dealkylation sites (N-methyl/N-ethyl adjacent to an activating group) is 1. The average Bonchev–Trinajstić information content (AvgIpc) is 2.97. The summed E-state index contributed by atoms with van der Waals surface area (Å²) in [6, 6.07) is 22.3. The van der Waals surface area contributed by atoms with Gasteiger partial charge in [-0.1, -0.05) is 0 Å². The summed E-state index contributed by atoms with van der Waals surface area (Å²) in [6.45, 7) is 1.05. The first-order valence-electron chi connectivity index (χ1n) is 7.67. The summed E-state index contributed by atoms with van der Waals surface area (Å²) in [7, 11) is 4.31. The Hall–Kier alpha value is -1.30. The predicted octanol–water partition coefficient (Wildman–Crippen LogP) is 2.72. The minimum atomic E-state index is -1.84. The van der Waals surface area contributed by atoms with Crippen LogP contribution in [0.15, 0.2) is 84.5 Å². The molecule has 1 aliphatic rings. The van der Waals surface area contributed by atoms with E-state index in [0.717, 1.165) is 6.54 Å². The molecule has 0 saturated heterocycles. The zero-order valence-corrected chi connectivity index (χ0v) is 15.7. The van der Waals surface area contributed by atoms with E-state index >= 15 is 0 Å². The van der Waals surface area contributed by atoms with Crippen LogP contribution in [-0.2, 0) is 0 Å². The van der Waals surface area contributed by atoms with Crippen LogP contribution in [-0.4, -0.2) is 45.7 Å². The molecule has 0 heterocycles. The molecule has 0 aromatic heterocycles. The molecule has 112 valence electrons. The molecule has 0 spiro atoms. The van der Waals surface area contributed by atoms with Crippen LogP contribution in [0, 0.1) is 0 Å². The van der Waals surface area contributed by atoms with Crippen LogP contribution in [0.1, 0.15) is 0 Å². The van der Waals surface area contributed by atoms with Crippen LogP contribution in [0.25, 0.3) is 0 Å². The van der Waals surface area contributed by atoms with Crippen LogP contribution >= 0.6 is 0 Å². The summed E-state index contributed by atoms with van der Waals surface area (Å²) in [5, 5.41) is 0. The minimum absolute atomic E-state index is 0.621. The number of allylic oxidation sites excluding steroid dienone is 3. The van der Waals surface area contributed by atoms with Crippen LogP contribution in [0.5, 0.6) is 0 Å². The molecule has 1 unspecified atom stereocenters. The standard InChI is InChI=1S/C8H12N.2C6H5.Sb/c1-9(2)7-8-5-3-4-6-8;2*1-2-4-6-5-3-1;/h3-6H,7H2,1-2H3;2*1-5H;. The molecule has 0 amide bonds. The van der Waals surface area contributed by atoms with Gasteiger partial charge in [-0.25, -0.2) is 0 Å². The van der Waals surface area contributed by atoms with E-state index in [-0.39, 0.29) is 0 Å². The molecule has 1 atom stereocenters. The van der Waals surface area contributed by atoms with E-state index in [1.807, 2.05) is 0 Å². The summed E-state index contributed by atoms with van der Waals surface area (Å²) in [4.78, 5) is 2.28. The first kappa shape index (κ1) is 15.6. The Morgan fingerprint density at radius 1 is 0.864 bits per heavy atom. The zero-order chi connectivity index (χ0) is 15.4. The van der Waals surface area contributed by atoms with Gasteiger partial charge >= 0.3 is 141 Å². The molecule has 0 N–H and O–H groups in total. The number of hydrogen-bond donors (Lipinski definition) is 0. The Morgan fingerprint density at radius 3 is 1.91 bits per heavy atom. The van der Waals surface area contributed by atoms with Gasteiger partial charge in [-0.15, -0.1) is 0 Å². The van der Waals surface area contributed by atoms with E-state index in [1.54, 1.807) is 12.6 Å². The quantitative estimate of drug-likeness (QED) is 0.701. The van der Waals surface area contributed by atoms with Gasteiger partial charge in [0, 0.05) is 0 Å². The Bertz CT molecular complexity index is 619. The Kier molecular flexibility index (Phi) is 5.18. The van der Waals surface area contributed by atoms with Crippen molar-refractivity contribution in [3.8, 4) is 0 Å². The Labute approximate surface area is 140 Å². The van der Waals surface area contributed by atoms with Gasteiger partial charge in [0.25, 0.3) is 0 Å². The molecule has 2 aromatic rings. The summed E-state index contributed by atoms with van der Waals surface area (Å²) in [6.07, 6.45) is 7.02. The van der Waals surface area contributed by atoms with E-state index in [0.29, 0.717) is 3.86 Å². The van der Waals surface area contributed by atoms with Gasteiger partial charge in [-0.05, 0) is 0 Å². The molecule has 3 rings (SSSR count). The topological polar surface area (TPSA) is 3.24 Å². The van der Waals surface area contributed by atoms with Gasteiger partial charge in [0.15, 0.2) is 0 Å². The van der Waals surface area contributed by atoms with E-state index in [4.69, 9.17) is 0 Å². The van der Waals surface area contributed by atoms with Gasteiger partial charge in [-0.3, -0.25) is 0 Å². The van der Waals surface area contributed by atoms with E-state index < -0.39 is 20.2 Å². The first-order chi connectivity index (χ1) is 10.8.